The number of ether oxygens (including phenoxy) is 5. The highest BCUT2D eigenvalue weighted by atomic mass is 16.5. The minimum absolute atomic E-state index is 0.0110. The average Bonchev–Trinajstić information content (AvgIpc) is 2.81. The van der Waals surface area contributed by atoms with Crippen molar-refractivity contribution in [3.05, 3.63) is 41.5 Å². The number of amides is 2. The van der Waals surface area contributed by atoms with E-state index in [0.717, 1.165) is 6.42 Å². The molecule has 0 aliphatic heterocycles. The number of carbonyl (C=O) groups is 2. The molecule has 180 valence electrons. The second-order valence-electron chi connectivity index (χ2n) is 7.61. The Hall–Kier alpha value is -3.62. The van der Waals surface area contributed by atoms with Crippen LogP contribution in [0.3, 0.4) is 0 Å². The Labute approximate surface area is 194 Å². The summed E-state index contributed by atoms with van der Waals surface area (Å²) in [4.78, 5) is 24.9. The molecule has 0 unspecified atom stereocenters. The molecule has 9 nitrogen and oxygen atoms in total. The van der Waals surface area contributed by atoms with Gasteiger partial charge in [-0.3, -0.25) is 20.4 Å². The minimum atomic E-state index is -0.486. The van der Waals surface area contributed by atoms with E-state index >= 15 is 0 Å². The molecule has 33 heavy (non-hydrogen) atoms. The van der Waals surface area contributed by atoms with Crippen molar-refractivity contribution < 1.29 is 33.3 Å². The number of hydrazine groups is 1. The lowest BCUT2D eigenvalue weighted by molar-refractivity contribution is -0.121. The number of rotatable bonds is 11. The second-order valence-corrected chi connectivity index (χ2v) is 7.61. The predicted octanol–water partition coefficient (Wildman–Crippen LogP) is 3.15. The molecule has 0 heterocycles. The highest BCUT2D eigenvalue weighted by molar-refractivity contribution is 5.96. The van der Waals surface area contributed by atoms with Crippen molar-refractivity contribution in [2.45, 2.75) is 26.7 Å². The zero-order chi connectivity index (χ0) is 24.4. The average molecular weight is 461 g/mol. The molecule has 0 saturated heterocycles. The maximum atomic E-state index is 12.5. The summed E-state index contributed by atoms with van der Waals surface area (Å²) in [5, 5.41) is 0. The number of carbonyl (C=O) groups excluding carboxylic acids is 2. The minimum Gasteiger partial charge on any atom is -0.493 e. The molecule has 0 radical (unpaired) electrons. The van der Waals surface area contributed by atoms with Crippen LogP contribution in [-0.4, -0.2) is 46.9 Å². The lowest BCUT2D eigenvalue weighted by atomic mass is 10.1. The number of methoxy groups -OCH3 is 4. The first-order valence-corrected chi connectivity index (χ1v) is 10.5. The van der Waals surface area contributed by atoms with Gasteiger partial charge in [-0.2, -0.15) is 0 Å². The van der Waals surface area contributed by atoms with E-state index in [1.807, 2.05) is 0 Å². The Bertz CT molecular complexity index is 935. The zero-order valence-electron chi connectivity index (χ0n) is 19.9. The monoisotopic (exact) mass is 460 g/mol. The van der Waals surface area contributed by atoms with Crippen LogP contribution in [0.1, 0.15) is 36.2 Å². The van der Waals surface area contributed by atoms with Crippen LogP contribution in [-0.2, 0) is 11.2 Å². The standard InChI is InChI=1S/C24H32N2O7/c1-15(2)9-10-33-18-8-7-17(14-19(18)29-3)24(28)26-25-22(27)13-16-11-20(30-4)23(32-6)21(12-16)31-5/h7-8,11-12,14-15H,9-10,13H2,1-6H3,(H,25,27)(H,26,28). The Morgan fingerprint density at radius 1 is 0.818 bits per heavy atom. The van der Waals surface area contributed by atoms with Gasteiger partial charge in [0.15, 0.2) is 23.0 Å². The van der Waals surface area contributed by atoms with E-state index in [4.69, 9.17) is 23.7 Å². The Morgan fingerprint density at radius 3 is 2.00 bits per heavy atom. The van der Waals surface area contributed by atoms with E-state index in [2.05, 4.69) is 24.7 Å². The molecule has 0 aliphatic carbocycles. The van der Waals surface area contributed by atoms with Gasteiger partial charge in [-0.1, -0.05) is 13.8 Å². The molecule has 0 aliphatic rings. The van der Waals surface area contributed by atoms with Crippen molar-refractivity contribution in [1.29, 1.82) is 0 Å². The lowest BCUT2D eigenvalue weighted by Gasteiger charge is -2.14. The van der Waals surface area contributed by atoms with Gasteiger partial charge in [0.05, 0.1) is 41.5 Å². The van der Waals surface area contributed by atoms with E-state index in [1.165, 1.54) is 28.4 Å². The van der Waals surface area contributed by atoms with Gasteiger partial charge in [0, 0.05) is 5.56 Å². The molecule has 2 amide bonds. The van der Waals surface area contributed by atoms with Crippen LogP contribution in [0.25, 0.3) is 0 Å². The predicted molar refractivity (Wildman–Crippen MR) is 123 cm³/mol. The SMILES string of the molecule is COc1cc(C(=O)NNC(=O)Cc2cc(OC)c(OC)c(OC)c2)ccc1OCCC(C)C. The van der Waals surface area contributed by atoms with E-state index < -0.39 is 11.8 Å². The fourth-order valence-electron chi connectivity index (χ4n) is 3.00. The fourth-order valence-corrected chi connectivity index (χ4v) is 3.00. The van der Waals surface area contributed by atoms with Gasteiger partial charge in [-0.25, -0.2) is 0 Å². The first-order valence-electron chi connectivity index (χ1n) is 10.5. The van der Waals surface area contributed by atoms with E-state index in [-0.39, 0.29) is 6.42 Å². The number of benzene rings is 2. The number of hydrogen-bond donors (Lipinski definition) is 2. The van der Waals surface area contributed by atoms with Crippen LogP contribution in [0.15, 0.2) is 30.3 Å². The molecule has 0 aromatic heterocycles. The normalized spacial score (nSPS) is 10.4. The van der Waals surface area contributed by atoms with Crippen molar-refractivity contribution in [2.75, 3.05) is 35.0 Å². The Balaban J connectivity index is 1.99. The summed E-state index contributed by atoms with van der Waals surface area (Å²) in [6, 6.07) is 8.18. The maximum Gasteiger partial charge on any atom is 0.269 e. The molecular weight excluding hydrogens is 428 g/mol. The third-order valence-electron chi connectivity index (χ3n) is 4.78. The summed E-state index contributed by atoms with van der Waals surface area (Å²) in [7, 11) is 6.00. The largest absolute Gasteiger partial charge is 0.493 e. The summed E-state index contributed by atoms with van der Waals surface area (Å²) < 4.78 is 26.9. The van der Waals surface area contributed by atoms with Crippen LogP contribution in [0.2, 0.25) is 0 Å². The summed E-state index contributed by atoms with van der Waals surface area (Å²) in [6.07, 6.45) is 0.895. The highest BCUT2D eigenvalue weighted by Crippen LogP contribution is 2.38. The molecule has 2 N–H and O–H groups in total. The van der Waals surface area contributed by atoms with Gasteiger partial charge < -0.3 is 23.7 Å². The first kappa shape index (κ1) is 25.6. The summed E-state index contributed by atoms with van der Waals surface area (Å²) in [6.45, 7) is 4.78. The van der Waals surface area contributed by atoms with Crippen LogP contribution >= 0.6 is 0 Å². The molecule has 0 bridgehead atoms. The quantitative estimate of drug-likeness (QED) is 0.497. The van der Waals surface area contributed by atoms with Gasteiger partial charge in [0.1, 0.15) is 0 Å². The molecule has 0 fully saturated rings. The van der Waals surface area contributed by atoms with Crippen LogP contribution in [0.4, 0.5) is 0 Å². The van der Waals surface area contributed by atoms with Crippen LogP contribution in [0, 0.1) is 5.92 Å². The van der Waals surface area contributed by atoms with Gasteiger partial charge in [0.2, 0.25) is 11.7 Å². The molecule has 0 spiro atoms. The topological polar surface area (TPSA) is 104 Å². The van der Waals surface area contributed by atoms with Crippen molar-refractivity contribution in [3.8, 4) is 28.7 Å². The third kappa shape index (κ3) is 7.20. The smallest absolute Gasteiger partial charge is 0.269 e. The second kappa shape index (κ2) is 12.4. The molecule has 0 saturated carbocycles. The Kier molecular flexibility index (Phi) is 9.65. The fraction of sp³-hybridized carbons (Fsp3) is 0.417. The first-order chi connectivity index (χ1) is 15.8. The van der Waals surface area contributed by atoms with Crippen molar-refractivity contribution >= 4 is 11.8 Å². The maximum absolute atomic E-state index is 12.5. The Morgan fingerprint density at radius 2 is 1.45 bits per heavy atom. The van der Waals surface area contributed by atoms with E-state index in [0.29, 0.717) is 52.4 Å². The van der Waals surface area contributed by atoms with Crippen LogP contribution < -0.4 is 34.5 Å². The van der Waals surface area contributed by atoms with Gasteiger partial charge in [-0.15, -0.1) is 0 Å². The zero-order valence-corrected chi connectivity index (χ0v) is 19.9. The number of hydrogen-bond acceptors (Lipinski definition) is 7. The molecule has 9 heteroatoms. The van der Waals surface area contributed by atoms with Crippen molar-refractivity contribution in [1.82, 2.24) is 10.9 Å². The summed E-state index contributed by atoms with van der Waals surface area (Å²) in [5.74, 6) is 1.92. The highest BCUT2D eigenvalue weighted by Gasteiger charge is 2.16. The van der Waals surface area contributed by atoms with E-state index in [1.54, 1.807) is 30.3 Å². The van der Waals surface area contributed by atoms with Gasteiger partial charge in [-0.05, 0) is 48.2 Å². The van der Waals surface area contributed by atoms with Gasteiger partial charge >= 0.3 is 0 Å². The lowest BCUT2D eigenvalue weighted by Crippen LogP contribution is -2.42. The molecule has 2 aromatic rings. The summed E-state index contributed by atoms with van der Waals surface area (Å²) in [5.41, 5.74) is 5.76. The van der Waals surface area contributed by atoms with Crippen molar-refractivity contribution in [2.24, 2.45) is 5.92 Å². The molecule has 2 rings (SSSR count). The molecule has 2 aromatic carbocycles. The van der Waals surface area contributed by atoms with Crippen LogP contribution in [0.5, 0.6) is 28.7 Å². The third-order valence-corrected chi connectivity index (χ3v) is 4.78. The summed E-state index contributed by atoms with van der Waals surface area (Å²) >= 11 is 0. The molecular formula is C24H32N2O7. The van der Waals surface area contributed by atoms with Crippen molar-refractivity contribution in [3.63, 3.8) is 0 Å². The van der Waals surface area contributed by atoms with E-state index in [9.17, 15) is 9.59 Å². The van der Waals surface area contributed by atoms with Gasteiger partial charge in [0.25, 0.3) is 5.91 Å². The molecule has 0 atom stereocenters. The number of nitrogens with one attached hydrogen (secondary N) is 2.